The molecule has 1 aliphatic carbocycles. The number of nitrogens with one attached hydrogen (secondary N) is 1. The van der Waals surface area contributed by atoms with Crippen molar-refractivity contribution in [2.75, 3.05) is 11.9 Å². The Hall–Kier alpha value is -0.730. The predicted octanol–water partition coefficient (Wildman–Crippen LogP) is 2.49. The number of anilines is 1. The average Bonchev–Trinajstić information content (AvgIpc) is 2.97. The van der Waals surface area contributed by atoms with E-state index in [4.69, 9.17) is 17.3 Å². The van der Waals surface area contributed by atoms with Crippen LogP contribution in [-0.4, -0.2) is 12.6 Å². The van der Waals surface area contributed by atoms with Crippen LogP contribution in [0.3, 0.4) is 0 Å². The number of nitrogens with two attached hydrogens (primary N) is 1. The van der Waals surface area contributed by atoms with E-state index in [1.165, 1.54) is 12.8 Å². The van der Waals surface area contributed by atoms with Gasteiger partial charge in [0, 0.05) is 23.3 Å². The fourth-order valence-electron chi connectivity index (χ4n) is 1.66. The van der Waals surface area contributed by atoms with Gasteiger partial charge in [-0.1, -0.05) is 17.7 Å². The molecule has 1 unspecified atom stereocenters. The second-order valence-electron chi connectivity index (χ2n) is 3.83. The molecule has 2 nitrogen and oxygen atoms in total. The Kier molecular flexibility index (Phi) is 2.94. The minimum absolute atomic E-state index is 0.411. The van der Waals surface area contributed by atoms with Crippen LogP contribution in [0.2, 0.25) is 5.02 Å². The molecule has 14 heavy (non-hydrogen) atoms. The number of hydrogen-bond donors (Lipinski definition) is 2. The van der Waals surface area contributed by atoms with Crippen LogP contribution in [0.1, 0.15) is 12.8 Å². The first-order chi connectivity index (χ1) is 6.79. The quantitative estimate of drug-likeness (QED) is 0.802. The number of hydrogen-bond acceptors (Lipinski definition) is 2. The molecule has 1 aromatic rings. The molecule has 0 saturated heterocycles. The first-order valence-electron chi connectivity index (χ1n) is 5.02. The Morgan fingerprint density at radius 3 is 2.86 bits per heavy atom. The summed E-state index contributed by atoms with van der Waals surface area (Å²) < 4.78 is 0. The molecule has 2 rings (SSSR count). The van der Waals surface area contributed by atoms with Crippen molar-refractivity contribution in [1.29, 1.82) is 0 Å². The zero-order valence-electron chi connectivity index (χ0n) is 8.04. The van der Waals surface area contributed by atoms with Gasteiger partial charge in [0.05, 0.1) is 0 Å². The maximum absolute atomic E-state index is 5.90. The molecule has 0 aliphatic heterocycles. The molecule has 1 atom stereocenters. The molecule has 3 N–H and O–H groups in total. The molecular formula is C11H15ClN2. The molecule has 0 aromatic heterocycles. The van der Waals surface area contributed by atoms with Crippen LogP contribution in [-0.2, 0) is 0 Å². The highest BCUT2D eigenvalue weighted by atomic mass is 35.5. The van der Waals surface area contributed by atoms with Crippen molar-refractivity contribution in [2.45, 2.75) is 18.9 Å². The van der Waals surface area contributed by atoms with Crippen molar-refractivity contribution in [3.63, 3.8) is 0 Å². The van der Waals surface area contributed by atoms with E-state index in [0.717, 1.165) is 16.6 Å². The summed E-state index contributed by atoms with van der Waals surface area (Å²) in [5.74, 6) is 0.763. The summed E-state index contributed by atoms with van der Waals surface area (Å²) in [6, 6.07) is 8.20. The molecule has 76 valence electrons. The van der Waals surface area contributed by atoms with Gasteiger partial charge in [-0.15, -0.1) is 0 Å². The van der Waals surface area contributed by atoms with Crippen LogP contribution in [0.15, 0.2) is 24.3 Å². The highest BCUT2D eigenvalue weighted by Crippen LogP contribution is 2.34. The van der Waals surface area contributed by atoms with E-state index in [2.05, 4.69) is 5.32 Å². The van der Waals surface area contributed by atoms with E-state index in [1.54, 1.807) is 0 Å². The number of benzene rings is 1. The summed E-state index contributed by atoms with van der Waals surface area (Å²) in [5.41, 5.74) is 6.77. The Bertz CT molecular complexity index is 310. The third-order valence-corrected chi connectivity index (χ3v) is 2.86. The van der Waals surface area contributed by atoms with Crippen LogP contribution in [0.25, 0.3) is 0 Å². The Morgan fingerprint density at radius 1 is 1.50 bits per heavy atom. The molecule has 0 spiro atoms. The molecule has 0 bridgehead atoms. The van der Waals surface area contributed by atoms with Gasteiger partial charge < -0.3 is 11.1 Å². The largest absolute Gasteiger partial charge is 0.381 e. The minimum Gasteiger partial charge on any atom is -0.381 e. The topological polar surface area (TPSA) is 38.0 Å². The highest BCUT2D eigenvalue weighted by molar-refractivity contribution is 6.30. The molecular weight excluding hydrogens is 196 g/mol. The lowest BCUT2D eigenvalue weighted by Crippen LogP contribution is -2.30. The molecule has 0 amide bonds. The van der Waals surface area contributed by atoms with Crippen molar-refractivity contribution in [1.82, 2.24) is 0 Å². The van der Waals surface area contributed by atoms with Gasteiger partial charge in [-0.2, -0.15) is 0 Å². The Morgan fingerprint density at radius 2 is 2.29 bits per heavy atom. The van der Waals surface area contributed by atoms with E-state index in [-0.39, 0.29) is 0 Å². The molecule has 1 aromatic carbocycles. The summed E-state index contributed by atoms with van der Waals surface area (Å²) in [5, 5.41) is 4.19. The van der Waals surface area contributed by atoms with Crippen LogP contribution >= 0.6 is 11.6 Å². The maximum atomic E-state index is 5.90. The Balaban J connectivity index is 2.01. The lowest BCUT2D eigenvalue weighted by atomic mass is 10.1. The summed E-state index contributed by atoms with van der Waals surface area (Å²) in [6.07, 6.45) is 2.60. The lowest BCUT2D eigenvalue weighted by molar-refractivity contribution is 0.645. The summed E-state index contributed by atoms with van der Waals surface area (Å²) in [6.45, 7) is 0.692. The normalized spacial score (nSPS) is 17.9. The number of rotatable bonds is 4. The van der Waals surface area contributed by atoms with Crippen LogP contribution in [0, 0.1) is 5.92 Å². The van der Waals surface area contributed by atoms with E-state index < -0.39 is 0 Å². The van der Waals surface area contributed by atoms with Crippen LogP contribution in [0.4, 0.5) is 5.69 Å². The standard InChI is InChI=1S/C11H15ClN2/c12-9-2-1-3-10(6-9)14-11(7-13)8-4-5-8/h1-3,6,8,11,14H,4-5,7,13H2. The van der Waals surface area contributed by atoms with Crippen molar-refractivity contribution < 1.29 is 0 Å². The molecule has 0 heterocycles. The van der Waals surface area contributed by atoms with Gasteiger partial charge in [0.1, 0.15) is 0 Å². The minimum atomic E-state index is 0.411. The summed E-state index contributed by atoms with van der Waals surface area (Å²) >= 11 is 5.90. The molecule has 1 fully saturated rings. The van der Waals surface area contributed by atoms with Crippen molar-refractivity contribution in [3.8, 4) is 0 Å². The van der Waals surface area contributed by atoms with Crippen molar-refractivity contribution >= 4 is 17.3 Å². The number of halogens is 1. The lowest BCUT2D eigenvalue weighted by Gasteiger charge is -2.17. The van der Waals surface area contributed by atoms with Gasteiger partial charge in [0.2, 0.25) is 0 Å². The van der Waals surface area contributed by atoms with Gasteiger partial charge in [-0.3, -0.25) is 0 Å². The third-order valence-electron chi connectivity index (χ3n) is 2.62. The molecule has 0 radical (unpaired) electrons. The molecule has 3 heteroatoms. The summed E-state index contributed by atoms with van der Waals surface area (Å²) in [4.78, 5) is 0. The van der Waals surface area contributed by atoms with Crippen LogP contribution < -0.4 is 11.1 Å². The van der Waals surface area contributed by atoms with Gasteiger partial charge in [0.15, 0.2) is 0 Å². The molecule has 1 aliphatic rings. The van der Waals surface area contributed by atoms with Crippen LogP contribution in [0.5, 0.6) is 0 Å². The van der Waals surface area contributed by atoms with Gasteiger partial charge >= 0.3 is 0 Å². The van der Waals surface area contributed by atoms with E-state index >= 15 is 0 Å². The summed E-state index contributed by atoms with van der Waals surface area (Å²) in [7, 11) is 0. The van der Waals surface area contributed by atoms with Crippen molar-refractivity contribution in [3.05, 3.63) is 29.3 Å². The third kappa shape index (κ3) is 2.40. The van der Waals surface area contributed by atoms with Gasteiger partial charge in [-0.05, 0) is 37.0 Å². The fraction of sp³-hybridized carbons (Fsp3) is 0.455. The second kappa shape index (κ2) is 4.20. The molecule has 1 saturated carbocycles. The fourth-order valence-corrected chi connectivity index (χ4v) is 1.85. The first-order valence-corrected chi connectivity index (χ1v) is 5.39. The van der Waals surface area contributed by atoms with Gasteiger partial charge in [-0.25, -0.2) is 0 Å². The van der Waals surface area contributed by atoms with E-state index in [0.29, 0.717) is 12.6 Å². The Labute approximate surface area is 89.4 Å². The average molecular weight is 211 g/mol. The zero-order chi connectivity index (χ0) is 9.97. The predicted molar refractivity (Wildman–Crippen MR) is 60.6 cm³/mol. The van der Waals surface area contributed by atoms with E-state index in [1.807, 2.05) is 24.3 Å². The highest BCUT2D eigenvalue weighted by Gasteiger charge is 2.29. The smallest absolute Gasteiger partial charge is 0.0426 e. The van der Waals surface area contributed by atoms with E-state index in [9.17, 15) is 0 Å². The first kappa shape index (κ1) is 9.81. The van der Waals surface area contributed by atoms with Gasteiger partial charge in [0.25, 0.3) is 0 Å². The SMILES string of the molecule is NCC(Nc1cccc(Cl)c1)C1CC1. The second-order valence-corrected chi connectivity index (χ2v) is 4.27. The van der Waals surface area contributed by atoms with Crippen molar-refractivity contribution in [2.24, 2.45) is 11.7 Å². The maximum Gasteiger partial charge on any atom is 0.0426 e. The monoisotopic (exact) mass is 210 g/mol. The zero-order valence-corrected chi connectivity index (χ0v) is 8.80.